The molecule has 0 atom stereocenters. The number of thiophene rings is 1. The minimum absolute atomic E-state index is 0.136. The third-order valence-corrected chi connectivity index (χ3v) is 4.16. The van der Waals surface area contributed by atoms with E-state index in [1.807, 2.05) is 19.9 Å². The molecule has 0 fully saturated rings. The van der Waals surface area contributed by atoms with Crippen molar-refractivity contribution < 1.29 is 14.7 Å². The van der Waals surface area contributed by atoms with Crippen molar-refractivity contribution in [2.75, 3.05) is 5.32 Å². The monoisotopic (exact) mass is 304 g/mol. The predicted octanol–water partition coefficient (Wildman–Crippen LogP) is 3.38. The van der Waals surface area contributed by atoms with Gasteiger partial charge in [0.25, 0.3) is 0 Å². The molecule has 0 aliphatic heterocycles. The quantitative estimate of drug-likeness (QED) is 0.810. The summed E-state index contributed by atoms with van der Waals surface area (Å²) in [4.78, 5) is 25.0. The summed E-state index contributed by atoms with van der Waals surface area (Å²) in [6.45, 7) is 4.53. The van der Waals surface area contributed by atoms with Gasteiger partial charge < -0.3 is 15.7 Å². The van der Waals surface area contributed by atoms with E-state index >= 15 is 0 Å². The minimum atomic E-state index is -1.02. The number of aromatic carboxylic acids is 1. The molecule has 0 radical (unpaired) electrons. The Bertz CT molecular complexity index is 660. The molecule has 1 heterocycles. The molecule has 0 aliphatic rings. The molecule has 0 saturated heterocycles. The number of hydrogen-bond acceptors (Lipinski definition) is 3. The Labute approximate surface area is 126 Å². The van der Waals surface area contributed by atoms with Gasteiger partial charge in [0.05, 0.1) is 12.1 Å². The van der Waals surface area contributed by atoms with Crippen LogP contribution in [0.15, 0.2) is 30.3 Å². The first kappa shape index (κ1) is 15.1. The Kier molecular flexibility index (Phi) is 4.59. The highest BCUT2D eigenvalue weighted by Gasteiger charge is 2.07. The molecule has 5 nitrogen and oxygen atoms in total. The van der Waals surface area contributed by atoms with E-state index in [1.165, 1.54) is 22.6 Å². The van der Waals surface area contributed by atoms with Gasteiger partial charge in [-0.3, -0.25) is 0 Å². The van der Waals surface area contributed by atoms with Crippen LogP contribution in [-0.2, 0) is 6.54 Å². The van der Waals surface area contributed by atoms with Crippen molar-refractivity contribution in [1.82, 2.24) is 5.32 Å². The van der Waals surface area contributed by atoms with Crippen molar-refractivity contribution in [3.05, 3.63) is 51.2 Å². The van der Waals surface area contributed by atoms with E-state index in [1.54, 1.807) is 23.5 Å². The van der Waals surface area contributed by atoms with Gasteiger partial charge in [0, 0.05) is 15.4 Å². The molecule has 2 rings (SSSR count). The summed E-state index contributed by atoms with van der Waals surface area (Å²) in [6.07, 6.45) is 0. The largest absolute Gasteiger partial charge is 0.478 e. The van der Waals surface area contributed by atoms with Crippen molar-refractivity contribution in [3.8, 4) is 0 Å². The van der Waals surface area contributed by atoms with E-state index in [2.05, 4.69) is 10.6 Å². The number of nitrogens with one attached hydrogen (secondary N) is 2. The number of amides is 2. The summed E-state index contributed by atoms with van der Waals surface area (Å²) in [5, 5.41) is 14.3. The number of carbonyl (C=O) groups excluding carboxylic acids is 1. The lowest BCUT2D eigenvalue weighted by Gasteiger charge is -2.07. The predicted molar refractivity (Wildman–Crippen MR) is 83.1 cm³/mol. The Morgan fingerprint density at radius 1 is 1.24 bits per heavy atom. The Balaban J connectivity index is 1.92. The maximum Gasteiger partial charge on any atom is 0.335 e. The van der Waals surface area contributed by atoms with Gasteiger partial charge in [-0.15, -0.1) is 11.3 Å². The van der Waals surface area contributed by atoms with Crippen LogP contribution in [-0.4, -0.2) is 17.1 Å². The number of aryl methyl sites for hydroxylation is 2. The lowest BCUT2D eigenvalue weighted by atomic mass is 10.2. The molecular formula is C15H16N2O3S. The van der Waals surface area contributed by atoms with Gasteiger partial charge in [-0.1, -0.05) is 6.07 Å². The van der Waals surface area contributed by atoms with Gasteiger partial charge in [0.1, 0.15) is 0 Å². The molecule has 21 heavy (non-hydrogen) atoms. The molecule has 0 unspecified atom stereocenters. The van der Waals surface area contributed by atoms with Crippen LogP contribution in [0.3, 0.4) is 0 Å². The summed E-state index contributed by atoms with van der Waals surface area (Å²) >= 11 is 1.65. The second-order valence-electron chi connectivity index (χ2n) is 4.65. The average molecular weight is 304 g/mol. The number of hydrogen-bond donors (Lipinski definition) is 3. The van der Waals surface area contributed by atoms with Crippen LogP contribution in [0.25, 0.3) is 0 Å². The van der Waals surface area contributed by atoms with Crippen LogP contribution in [0.4, 0.5) is 10.5 Å². The number of urea groups is 1. The molecule has 2 aromatic rings. The van der Waals surface area contributed by atoms with Gasteiger partial charge in [-0.2, -0.15) is 0 Å². The van der Waals surface area contributed by atoms with Crippen LogP contribution in [0.2, 0.25) is 0 Å². The van der Waals surface area contributed by atoms with Crippen LogP contribution in [0, 0.1) is 13.8 Å². The number of carbonyl (C=O) groups is 2. The molecule has 3 N–H and O–H groups in total. The minimum Gasteiger partial charge on any atom is -0.478 e. The third-order valence-electron chi connectivity index (χ3n) is 3.01. The van der Waals surface area contributed by atoms with Gasteiger partial charge in [-0.05, 0) is 43.7 Å². The molecule has 2 amide bonds. The molecule has 0 spiro atoms. The van der Waals surface area contributed by atoms with Gasteiger partial charge in [0.2, 0.25) is 0 Å². The van der Waals surface area contributed by atoms with E-state index < -0.39 is 5.97 Å². The molecular weight excluding hydrogens is 288 g/mol. The fraction of sp³-hybridized carbons (Fsp3) is 0.200. The fourth-order valence-corrected chi connectivity index (χ4v) is 2.80. The zero-order valence-electron chi connectivity index (χ0n) is 11.8. The van der Waals surface area contributed by atoms with Crippen molar-refractivity contribution in [3.63, 3.8) is 0 Å². The van der Waals surface area contributed by atoms with E-state index in [0.717, 1.165) is 4.88 Å². The highest BCUT2D eigenvalue weighted by molar-refractivity contribution is 7.12. The number of carboxylic acid groups (broad SMARTS) is 1. The van der Waals surface area contributed by atoms with Crippen LogP contribution < -0.4 is 10.6 Å². The van der Waals surface area contributed by atoms with Crippen molar-refractivity contribution >= 4 is 29.0 Å². The summed E-state index contributed by atoms with van der Waals surface area (Å²) in [7, 11) is 0. The van der Waals surface area contributed by atoms with E-state index in [-0.39, 0.29) is 11.6 Å². The summed E-state index contributed by atoms with van der Waals surface area (Å²) in [5.74, 6) is -1.02. The maximum atomic E-state index is 11.8. The Morgan fingerprint density at radius 2 is 2.00 bits per heavy atom. The summed E-state index contributed by atoms with van der Waals surface area (Å²) in [6, 6.07) is 7.81. The number of anilines is 1. The highest BCUT2D eigenvalue weighted by Crippen LogP contribution is 2.20. The van der Waals surface area contributed by atoms with E-state index in [0.29, 0.717) is 12.2 Å². The second kappa shape index (κ2) is 6.41. The van der Waals surface area contributed by atoms with Crippen molar-refractivity contribution in [2.24, 2.45) is 0 Å². The Hall–Kier alpha value is -2.34. The van der Waals surface area contributed by atoms with Crippen LogP contribution in [0.1, 0.15) is 25.7 Å². The smallest absolute Gasteiger partial charge is 0.335 e. The first-order chi connectivity index (χ1) is 9.95. The third kappa shape index (κ3) is 4.06. The lowest BCUT2D eigenvalue weighted by Crippen LogP contribution is -2.27. The van der Waals surface area contributed by atoms with Gasteiger partial charge in [-0.25, -0.2) is 9.59 Å². The normalized spacial score (nSPS) is 10.2. The number of rotatable bonds is 4. The number of benzene rings is 1. The fourth-order valence-electron chi connectivity index (χ4n) is 1.81. The Morgan fingerprint density at radius 3 is 2.62 bits per heavy atom. The molecule has 6 heteroatoms. The molecule has 1 aromatic carbocycles. The average Bonchev–Trinajstić information content (AvgIpc) is 2.76. The van der Waals surface area contributed by atoms with Gasteiger partial charge in [0.15, 0.2) is 0 Å². The standard InChI is InChI=1S/C15H16N2O3S/c1-9-6-13(21-10(9)2)8-16-15(20)17-12-5-3-4-11(7-12)14(18)19/h3-7H,8H2,1-2H3,(H,18,19)(H2,16,17,20). The number of carboxylic acids is 1. The molecule has 0 saturated carbocycles. The second-order valence-corrected chi connectivity index (χ2v) is 5.99. The first-order valence-electron chi connectivity index (χ1n) is 6.40. The summed E-state index contributed by atoms with van der Waals surface area (Å²) < 4.78 is 0. The van der Waals surface area contributed by atoms with Crippen molar-refractivity contribution in [2.45, 2.75) is 20.4 Å². The molecule has 0 aliphatic carbocycles. The lowest BCUT2D eigenvalue weighted by molar-refractivity contribution is 0.0697. The van der Waals surface area contributed by atoms with E-state index in [9.17, 15) is 9.59 Å². The SMILES string of the molecule is Cc1cc(CNC(=O)Nc2cccc(C(=O)O)c2)sc1C. The molecule has 110 valence electrons. The summed E-state index contributed by atoms with van der Waals surface area (Å²) in [5.41, 5.74) is 1.80. The van der Waals surface area contributed by atoms with E-state index in [4.69, 9.17) is 5.11 Å². The van der Waals surface area contributed by atoms with Crippen LogP contribution >= 0.6 is 11.3 Å². The molecule has 1 aromatic heterocycles. The highest BCUT2D eigenvalue weighted by atomic mass is 32.1. The maximum absolute atomic E-state index is 11.8. The van der Waals surface area contributed by atoms with Gasteiger partial charge >= 0.3 is 12.0 Å². The van der Waals surface area contributed by atoms with Crippen molar-refractivity contribution in [1.29, 1.82) is 0 Å². The molecule has 0 bridgehead atoms. The zero-order valence-corrected chi connectivity index (χ0v) is 12.6. The van der Waals surface area contributed by atoms with Crippen LogP contribution in [0.5, 0.6) is 0 Å². The topological polar surface area (TPSA) is 78.4 Å². The first-order valence-corrected chi connectivity index (χ1v) is 7.21. The zero-order chi connectivity index (χ0) is 15.4.